The molecule has 0 unspecified atom stereocenters. The average molecular weight is 467 g/mol. The van der Waals surface area contributed by atoms with Crippen molar-refractivity contribution in [3.8, 4) is 11.5 Å². The normalized spacial score (nSPS) is 10.6. The minimum atomic E-state index is -0.0921. The van der Waals surface area contributed by atoms with Gasteiger partial charge in [-0.1, -0.05) is 43.3 Å². The van der Waals surface area contributed by atoms with Crippen LogP contribution in [0.3, 0.4) is 0 Å². The van der Waals surface area contributed by atoms with E-state index in [4.69, 9.17) is 9.47 Å². The molecule has 2 aromatic carbocycles. The van der Waals surface area contributed by atoms with Crippen LogP contribution in [0.4, 0.5) is 5.69 Å². The van der Waals surface area contributed by atoms with Crippen molar-refractivity contribution in [2.24, 2.45) is 0 Å². The molecule has 7 nitrogen and oxygen atoms in total. The van der Waals surface area contributed by atoms with E-state index in [1.807, 2.05) is 41.0 Å². The summed E-state index contributed by atoms with van der Waals surface area (Å²) in [5.41, 5.74) is 2.08. The van der Waals surface area contributed by atoms with Crippen LogP contribution in [-0.4, -0.2) is 33.5 Å². The molecule has 174 valence electrons. The van der Waals surface area contributed by atoms with E-state index in [1.165, 1.54) is 30.2 Å². The van der Waals surface area contributed by atoms with Crippen LogP contribution in [0.25, 0.3) is 0 Å². The van der Waals surface area contributed by atoms with Crippen LogP contribution in [0.5, 0.6) is 11.5 Å². The van der Waals surface area contributed by atoms with Crippen LogP contribution in [0.2, 0.25) is 0 Å². The molecule has 0 saturated carbocycles. The first-order valence-electron chi connectivity index (χ1n) is 10.9. The molecular formula is C25H30N4O3S. The fourth-order valence-corrected chi connectivity index (χ4v) is 3.89. The monoisotopic (exact) mass is 466 g/mol. The van der Waals surface area contributed by atoms with Gasteiger partial charge in [-0.05, 0) is 54.8 Å². The topological polar surface area (TPSA) is 78.3 Å². The van der Waals surface area contributed by atoms with Crippen LogP contribution in [0, 0.1) is 0 Å². The molecule has 1 N–H and O–H groups in total. The van der Waals surface area contributed by atoms with Crippen LogP contribution >= 0.6 is 11.8 Å². The Morgan fingerprint density at radius 3 is 2.52 bits per heavy atom. The molecule has 0 aliphatic carbocycles. The average Bonchev–Trinajstić information content (AvgIpc) is 3.23. The number of hydrogen-bond acceptors (Lipinski definition) is 6. The first-order valence-corrected chi connectivity index (χ1v) is 11.9. The van der Waals surface area contributed by atoms with Crippen molar-refractivity contribution in [1.29, 1.82) is 0 Å². The van der Waals surface area contributed by atoms with E-state index < -0.39 is 0 Å². The number of aromatic nitrogens is 3. The Balaban J connectivity index is 1.54. The number of thioether (sulfide) groups is 1. The first kappa shape index (κ1) is 24.4. The molecule has 33 heavy (non-hydrogen) atoms. The van der Waals surface area contributed by atoms with E-state index >= 15 is 0 Å². The molecule has 3 aromatic rings. The smallest absolute Gasteiger partial charge is 0.234 e. The number of rotatable bonds is 13. The third kappa shape index (κ3) is 7.39. The number of ether oxygens (including phenoxy) is 2. The third-order valence-corrected chi connectivity index (χ3v) is 5.89. The Labute approximate surface area is 199 Å². The van der Waals surface area contributed by atoms with Crippen LogP contribution in [-0.2, 0) is 24.4 Å². The number of unbranched alkanes of at least 4 members (excludes halogenated alkanes) is 1. The van der Waals surface area contributed by atoms with Crippen molar-refractivity contribution < 1.29 is 14.3 Å². The van der Waals surface area contributed by atoms with Gasteiger partial charge in [0.25, 0.3) is 0 Å². The standard InChI is InChI=1S/C25H30N4O3S/c1-4-6-7-19-8-10-20(11-9-19)26-24(30)18-33-25-28-27-23(29(25)16-5-2)17-32-22-14-12-21(31-3)13-15-22/h5,8-15H,2,4,6-7,16-18H2,1,3H3,(H,26,30). The lowest BCUT2D eigenvalue weighted by atomic mass is 10.1. The molecule has 0 aliphatic rings. The lowest BCUT2D eigenvalue weighted by molar-refractivity contribution is -0.113. The zero-order valence-corrected chi connectivity index (χ0v) is 19.9. The molecule has 0 bridgehead atoms. The largest absolute Gasteiger partial charge is 0.497 e. The fourth-order valence-electron chi connectivity index (χ4n) is 3.13. The number of nitrogens with one attached hydrogen (secondary N) is 1. The van der Waals surface area contributed by atoms with Gasteiger partial charge in [-0.15, -0.1) is 16.8 Å². The quantitative estimate of drug-likeness (QED) is 0.278. The number of hydrogen-bond donors (Lipinski definition) is 1. The van der Waals surface area contributed by atoms with Crippen molar-refractivity contribution >= 4 is 23.4 Å². The van der Waals surface area contributed by atoms with Crippen molar-refractivity contribution in [2.75, 3.05) is 18.2 Å². The number of aryl methyl sites for hydroxylation is 1. The number of carbonyl (C=O) groups is 1. The molecular weight excluding hydrogens is 436 g/mol. The Bertz CT molecular complexity index is 1030. The highest BCUT2D eigenvalue weighted by molar-refractivity contribution is 7.99. The minimum absolute atomic E-state index is 0.0921. The number of benzene rings is 2. The van der Waals surface area contributed by atoms with Gasteiger partial charge >= 0.3 is 0 Å². The van der Waals surface area contributed by atoms with Crippen LogP contribution < -0.4 is 14.8 Å². The maximum Gasteiger partial charge on any atom is 0.234 e. The summed E-state index contributed by atoms with van der Waals surface area (Å²) >= 11 is 1.33. The van der Waals surface area contributed by atoms with E-state index in [0.29, 0.717) is 23.3 Å². The van der Waals surface area contributed by atoms with Crippen molar-refractivity contribution in [2.45, 2.75) is 44.5 Å². The van der Waals surface area contributed by atoms with Gasteiger partial charge < -0.3 is 14.8 Å². The number of carbonyl (C=O) groups excluding carboxylic acids is 1. The Hall–Kier alpha value is -3.26. The van der Waals surface area contributed by atoms with E-state index in [0.717, 1.165) is 17.9 Å². The summed E-state index contributed by atoms with van der Waals surface area (Å²) in [6.07, 6.45) is 5.16. The second-order valence-electron chi connectivity index (χ2n) is 7.40. The molecule has 0 fully saturated rings. The number of methoxy groups -OCH3 is 1. The van der Waals surface area contributed by atoms with E-state index in [2.05, 4.69) is 41.1 Å². The summed E-state index contributed by atoms with van der Waals surface area (Å²) in [7, 11) is 1.62. The summed E-state index contributed by atoms with van der Waals surface area (Å²) in [4.78, 5) is 12.4. The summed E-state index contributed by atoms with van der Waals surface area (Å²) in [6, 6.07) is 15.4. The molecule has 3 rings (SSSR count). The second kappa shape index (κ2) is 12.7. The van der Waals surface area contributed by atoms with Gasteiger partial charge in [-0.2, -0.15) is 0 Å². The van der Waals surface area contributed by atoms with Gasteiger partial charge in [-0.25, -0.2) is 0 Å². The van der Waals surface area contributed by atoms with Crippen LogP contribution in [0.1, 0.15) is 31.2 Å². The Morgan fingerprint density at radius 1 is 1.12 bits per heavy atom. The lowest BCUT2D eigenvalue weighted by Crippen LogP contribution is -2.15. The molecule has 1 heterocycles. The van der Waals surface area contributed by atoms with Gasteiger partial charge in [0.1, 0.15) is 18.1 Å². The molecule has 0 spiro atoms. The van der Waals surface area contributed by atoms with Crippen molar-refractivity contribution in [1.82, 2.24) is 14.8 Å². The number of anilines is 1. The molecule has 0 saturated heterocycles. The predicted molar refractivity (Wildman–Crippen MR) is 132 cm³/mol. The molecule has 0 aliphatic heterocycles. The first-order chi connectivity index (χ1) is 16.1. The zero-order valence-electron chi connectivity index (χ0n) is 19.1. The van der Waals surface area contributed by atoms with Gasteiger partial charge in [-0.3, -0.25) is 9.36 Å². The summed E-state index contributed by atoms with van der Waals surface area (Å²) in [6.45, 7) is 6.77. The van der Waals surface area contributed by atoms with Gasteiger partial charge in [0.2, 0.25) is 5.91 Å². The molecule has 0 atom stereocenters. The highest BCUT2D eigenvalue weighted by Gasteiger charge is 2.14. The van der Waals surface area contributed by atoms with Gasteiger partial charge in [0.15, 0.2) is 11.0 Å². The molecule has 0 radical (unpaired) electrons. The highest BCUT2D eigenvalue weighted by Crippen LogP contribution is 2.21. The number of amides is 1. The third-order valence-electron chi connectivity index (χ3n) is 4.92. The van der Waals surface area contributed by atoms with Gasteiger partial charge in [0, 0.05) is 12.2 Å². The van der Waals surface area contributed by atoms with Crippen LogP contribution in [0.15, 0.2) is 66.3 Å². The van der Waals surface area contributed by atoms with E-state index in [-0.39, 0.29) is 18.3 Å². The summed E-state index contributed by atoms with van der Waals surface area (Å²) < 4.78 is 12.9. The Morgan fingerprint density at radius 2 is 1.85 bits per heavy atom. The lowest BCUT2D eigenvalue weighted by Gasteiger charge is -2.10. The van der Waals surface area contributed by atoms with E-state index in [1.54, 1.807) is 13.2 Å². The number of nitrogens with zero attached hydrogens (tertiary/aromatic N) is 3. The predicted octanol–water partition coefficient (Wildman–Crippen LogP) is 5.13. The van der Waals surface area contributed by atoms with Crippen molar-refractivity contribution in [3.63, 3.8) is 0 Å². The fraction of sp³-hybridized carbons (Fsp3) is 0.320. The molecule has 8 heteroatoms. The van der Waals surface area contributed by atoms with E-state index in [9.17, 15) is 4.79 Å². The maximum absolute atomic E-state index is 12.4. The number of allylic oxidation sites excluding steroid dienone is 1. The second-order valence-corrected chi connectivity index (χ2v) is 8.34. The SMILES string of the molecule is C=CCn1c(COc2ccc(OC)cc2)nnc1SCC(=O)Nc1ccc(CCCC)cc1. The molecule has 1 amide bonds. The van der Waals surface area contributed by atoms with Crippen molar-refractivity contribution in [3.05, 3.63) is 72.6 Å². The maximum atomic E-state index is 12.4. The Kier molecular flexibility index (Phi) is 9.38. The molecule has 1 aromatic heterocycles. The summed E-state index contributed by atoms with van der Waals surface area (Å²) in [5, 5.41) is 12.1. The summed E-state index contributed by atoms with van der Waals surface area (Å²) in [5.74, 6) is 2.27. The minimum Gasteiger partial charge on any atom is -0.497 e. The van der Waals surface area contributed by atoms with Gasteiger partial charge in [0.05, 0.1) is 12.9 Å². The highest BCUT2D eigenvalue weighted by atomic mass is 32.2. The zero-order chi connectivity index (χ0) is 23.5.